The highest BCUT2D eigenvalue weighted by Crippen LogP contribution is 2.25. The number of anilines is 1. The van der Waals surface area contributed by atoms with E-state index in [-0.39, 0.29) is 17.7 Å². The van der Waals surface area contributed by atoms with E-state index in [1.807, 2.05) is 19.9 Å². The number of benzene rings is 2. The standard InChI is InChI=1S/C17H20N2O2/c1-3-19(12(2)14-5-4-6-16(20)11-14)17(21)13-7-9-15(18)10-8-13/h4-12,20H,3,18H2,1-2H3. The van der Waals surface area contributed by atoms with Gasteiger partial charge in [0, 0.05) is 17.8 Å². The predicted molar refractivity (Wildman–Crippen MR) is 84.1 cm³/mol. The van der Waals surface area contributed by atoms with Crippen LogP contribution in [0.5, 0.6) is 5.75 Å². The van der Waals surface area contributed by atoms with Gasteiger partial charge in [0.2, 0.25) is 0 Å². The maximum absolute atomic E-state index is 12.6. The Morgan fingerprint density at radius 3 is 2.48 bits per heavy atom. The molecule has 2 aromatic rings. The molecule has 0 saturated carbocycles. The van der Waals surface area contributed by atoms with Gasteiger partial charge < -0.3 is 15.7 Å². The first-order valence-corrected chi connectivity index (χ1v) is 6.98. The molecule has 1 unspecified atom stereocenters. The number of hydrogen-bond donors (Lipinski definition) is 2. The molecule has 2 aromatic carbocycles. The Morgan fingerprint density at radius 1 is 1.24 bits per heavy atom. The third-order valence-electron chi connectivity index (χ3n) is 3.58. The van der Waals surface area contributed by atoms with E-state index < -0.39 is 0 Å². The summed E-state index contributed by atoms with van der Waals surface area (Å²) in [6.07, 6.45) is 0. The smallest absolute Gasteiger partial charge is 0.254 e. The number of nitrogens with two attached hydrogens (primary N) is 1. The number of nitrogens with zero attached hydrogens (tertiary/aromatic N) is 1. The number of nitrogen functional groups attached to an aromatic ring is 1. The van der Waals surface area contributed by atoms with Crippen LogP contribution >= 0.6 is 0 Å². The van der Waals surface area contributed by atoms with Gasteiger partial charge in [0.15, 0.2) is 0 Å². The minimum atomic E-state index is -0.118. The van der Waals surface area contributed by atoms with Gasteiger partial charge in [0.1, 0.15) is 5.75 Å². The summed E-state index contributed by atoms with van der Waals surface area (Å²) in [6.45, 7) is 4.47. The lowest BCUT2D eigenvalue weighted by Crippen LogP contribution is -2.33. The molecule has 0 aliphatic rings. The van der Waals surface area contributed by atoms with Crippen molar-refractivity contribution in [3.8, 4) is 5.75 Å². The second kappa shape index (κ2) is 6.31. The fourth-order valence-electron chi connectivity index (χ4n) is 2.35. The Kier molecular flexibility index (Phi) is 4.48. The summed E-state index contributed by atoms with van der Waals surface area (Å²) >= 11 is 0. The summed E-state index contributed by atoms with van der Waals surface area (Å²) in [5, 5.41) is 9.59. The molecule has 110 valence electrons. The third-order valence-corrected chi connectivity index (χ3v) is 3.58. The van der Waals surface area contributed by atoms with Gasteiger partial charge in [-0.1, -0.05) is 12.1 Å². The number of phenolic OH excluding ortho intramolecular Hbond substituents is 1. The van der Waals surface area contributed by atoms with E-state index in [1.165, 1.54) is 0 Å². The van der Waals surface area contributed by atoms with E-state index >= 15 is 0 Å². The fraction of sp³-hybridized carbons (Fsp3) is 0.235. The van der Waals surface area contributed by atoms with E-state index in [4.69, 9.17) is 5.73 Å². The van der Waals surface area contributed by atoms with E-state index in [1.54, 1.807) is 47.4 Å². The van der Waals surface area contributed by atoms with Gasteiger partial charge >= 0.3 is 0 Å². The van der Waals surface area contributed by atoms with Gasteiger partial charge in [-0.2, -0.15) is 0 Å². The molecule has 4 nitrogen and oxygen atoms in total. The molecule has 0 spiro atoms. The lowest BCUT2D eigenvalue weighted by atomic mass is 10.0. The largest absolute Gasteiger partial charge is 0.508 e. The molecule has 0 aliphatic heterocycles. The Bertz CT molecular complexity index is 623. The first kappa shape index (κ1) is 14.9. The topological polar surface area (TPSA) is 66.6 Å². The lowest BCUT2D eigenvalue weighted by molar-refractivity contribution is 0.0702. The van der Waals surface area contributed by atoms with Crippen molar-refractivity contribution in [2.75, 3.05) is 12.3 Å². The third kappa shape index (κ3) is 3.34. The summed E-state index contributed by atoms with van der Waals surface area (Å²) in [7, 11) is 0. The number of phenols is 1. The number of amides is 1. The monoisotopic (exact) mass is 284 g/mol. The van der Waals surface area contributed by atoms with Gasteiger partial charge in [0.05, 0.1) is 6.04 Å². The number of hydrogen-bond acceptors (Lipinski definition) is 3. The zero-order valence-electron chi connectivity index (χ0n) is 12.3. The van der Waals surface area contributed by atoms with E-state index in [0.717, 1.165) is 5.56 Å². The zero-order chi connectivity index (χ0) is 15.4. The van der Waals surface area contributed by atoms with Crippen LogP contribution in [-0.2, 0) is 0 Å². The van der Waals surface area contributed by atoms with E-state index in [2.05, 4.69) is 0 Å². The van der Waals surface area contributed by atoms with Crippen LogP contribution in [0.1, 0.15) is 35.8 Å². The number of aromatic hydroxyl groups is 1. The number of carbonyl (C=O) groups is 1. The van der Waals surface area contributed by atoms with Crippen molar-refractivity contribution in [1.29, 1.82) is 0 Å². The van der Waals surface area contributed by atoms with Crippen molar-refractivity contribution in [3.05, 3.63) is 59.7 Å². The highest BCUT2D eigenvalue weighted by Gasteiger charge is 2.21. The molecule has 1 atom stereocenters. The summed E-state index contributed by atoms with van der Waals surface area (Å²) in [4.78, 5) is 14.4. The van der Waals surface area contributed by atoms with Crippen LogP contribution in [0.25, 0.3) is 0 Å². The van der Waals surface area contributed by atoms with Crippen molar-refractivity contribution in [3.63, 3.8) is 0 Å². The van der Waals surface area contributed by atoms with Crippen LogP contribution in [0.3, 0.4) is 0 Å². The Balaban J connectivity index is 2.26. The quantitative estimate of drug-likeness (QED) is 0.847. The van der Waals surface area contributed by atoms with Crippen LogP contribution in [0, 0.1) is 0 Å². The molecule has 0 heterocycles. The molecule has 2 rings (SSSR count). The minimum absolute atomic E-state index is 0.0478. The Labute approximate surface area is 124 Å². The molecular weight excluding hydrogens is 264 g/mol. The van der Waals surface area contributed by atoms with E-state index in [9.17, 15) is 9.90 Å². The van der Waals surface area contributed by atoms with E-state index in [0.29, 0.717) is 17.8 Å². The summed E-state index contributed by atoms with van der Waals surface area (Å²) in [5.74, 6) is 0.156. The molecule has 21 heavy (non-hydrogen) atoms. The molecule has 0 radical (unpaired) electrons. The van der Waals surface area contributed by atoms with Gasteiger partial charge in [-0.05, 0) is 55.8 Å². The van der Waals surface area contributed by atoms with Crippen molar-refractivity contribution in [2.24, 2.45) is 0 Å². The van der Waals surface area contributed by atoms with Gasteiger partial charge in [-0.15, -0.1) is 0 Å². The minimum Gasteiger partial charge on any atom is -0.508 e. The van der Waals surface area contributed by atoms with Crippen LogP contribution in [0.2, 0.25) is 0 Å². The van der Waals surface area contributed by atoms with Crippen molar-refractivity contribution in [1.82, 2.24) is 4.90 Å². The van der Waals surface area contributed by atoms with Crippen molar-refractivity contribution >= 4 is 11.6 Å². The van der Waals surface area contributed by atoms with Crippen LogP contribution in [-0.4, -0.2) is 22.5 Å². The van der Waals surface area contributed by atoms with Gasteiger partial charge in [-0.25, -0.2) is 0 Å². The maximum Gasteiger partial charge on any atom is 0.254 e. The fourth-order valence-corrected chi connectivity index (χ4v) is 2.35. The summed E-state index contributed by atoms with van der Waals surface area (Å²) < 4.78 is 0. The molecule has 0 bridgehead atoms. The average molecular weight is 284 g/mol. The molecule has 0 aromatic heterocycles. The summed E-state index contributed by atoms with van der Waals surface area (Å²) in [6, 6.07) is 13.8. The Morgan fingerprint density at radius 2 is 1.90 bits per heavy atom. The first-order valence-electron chi connectivity index (χ1n) is 6.98. The maximum atomic E-state index is 12.6. The van der Waals surface area contributed by atoms with Gasteiger partial charge in [0.25, 0.3) is 5.91 Å². The first-order chi connectivity index (χ1) is 10.0. The zero-order valence-corrected chi connectivity index (χ0v) is 12.3. The Hall–Kier alpha value is -2.49. The second-order valence-corrected chi connectivity index (χ2v) is 4.98. The van der Waals surface area contributed by atoms with Crippen LogP contribution in [0.4, 0.5) is 5.69 Å². The normalized spacial score (nSPS) is 11.9. The highest BCUT2D eigenvalue weighted by atomic mass is 16.3. The molecule has 0 fully saturated rings. The lowest BCUT2D eigenvalue weighted by Gasteiger charge is -2.28. The highest BCUT2D eigenvalue weighted by molar-refractivity contribution is 5.94. The molecular formula is C17H20N2O2. The molecule has 1 amide bonds. The molecule has 0 saturated heterocycles. The van der Waals surface area contributed by atoms with Crippen LogP contribution in [0.15, 0.2) is 48.5 Å². The van der Waals surface area contributed by atoms with Gasteiger partial charge in [-0.3, -0.25) is 4.79 Å². The molecule has 3 N–H and O–H groups in total. The molecule has 4 heteroatoms. The van der Waals surface area contributed by atoms with Crippen molar-refractivity contribution in [2.45, 2.75) is 19.9 Å². The number of rotatable bonds is 4. The van der Waals surface area contributed by atoms with Crippen LogP contribution < -0.4 is 5.73 Å². The van der Waals surface area contributed by atoms with Crippen molar-refractivity contribution < 1.29 is 9.90 Å². The second-order valence-electron chi connectivity index (χ2n) is 4.98. The summed E-state index contributed by atoms with van der Waals surface area (Å²) in [5.41, 5.74) is 7.80. The average Bonchev–Trinajstić information content (AvgIpc) is 2.48. The number of carbonyl (C=O) groups excluding carboxylic acids is 1. The predicted octanol–water partition coefficient (Wildman–Crippen LogP) is 3.20. The molecule has 0 aliphatic carbocycles. The SMILES string of the molecule is CCN(C(=O)c1ccc(N)cc1)C(C)c1cccc(O)c1.